The van der Waals surface area contributed by atoms with Gasteiger partial charge in [0, 0.05) is 16.6 Å². The van der Waals surface area contributed by atoms with Gasteiger partial charge in [-0.1, -0.05) is 30.7 Å². The third-order valence-corrected chi connectivity index (χ3v) is 3.87. The molecule has 1 aromatic heterocycles. The highest BCUT2D eigenvalue weighted by molar-refractivity contribution is 9.10. The predicted molar refractivity (Wildman–Crippen MR) is 82.6 cm³/mol. The smallest absolute Gasteiger partial charge is 0.173 e. The molecule has 0 aliphatic carbocycles. The van der Waals surface area contributed by atoms with E-state index in [0.717, 1.165) is 34.6 Å². The third kappa shape index (κ3) is 4.10. The first-order chi connectivity index (χ1) is 9.20. The van der Waals surface area contributed by atoms with E-state index in [2.05, 4.69) is 34.2 Å². The molecule has 1 atom stereocenters. The number of rotatable bonds is 6. The van der Waals surface area contributed by atoms with E-state index >= 15 is 0 Å². The van der Waals surface area contributed by atoms with Crippen LogP contribution in [-0.2, 0) is 6.42 Å². The van der Waals surface area contributed by atoms with Crippen LogP contribution in [0.15, 0.2) is 45.7 Å². The zero-order chi connectivity index (χ0) is 13.7. The molecule has 102 valence electrons. The first kappa shape index (κ1) is 14.6. The van der Waals surface area contributed by atoms with Crippen LogP contribution in [0.4, 0.5) is 0 Å². The fourth-order valence-corrected chi connectivity index (χ4v) is 2.79. The highest BCUT2D eigenvalue weighted by Gasteiger charge is 2.16. The highest BCUT2D eigenvalue weighted by atomic mass is 79.9. The molecule has 0 spiro atoms. The van der Waals surface area contributed by atoms with E-state index < -0.39 is 0 Å². The summed E-state index contributed by atoms with van der Waals surface area (Å²) in [6.45, 7) is 3.14. The van der Waals surface area contributed by atoms with Gasteiger partial charge < -0.3 is 9.73 Å². The lowest BCUT2D eigenvalue weighted by atomic mass is 10.0. The zero-order valence-electron chi connectivity index (χ0n) is 10.8. The van der Waals surface area contributed by atoms with Crippen molar-refractivity contribution in [2.24, 2.45) is 0 Å². The normalized spacial score (nSPS) is 12.6. The van der Waals surface area contributed by atoms with Crippen molar-refractivity contribution < 1.29 is 4.42 Å². The van der Waals surface area contributed by atoms with Gasteiger partial charge in [-0.3, -0.25) is 0 Å². The molecule has 2 rings (SSSR count). The van der Waals surface area contributed by atoms with Gasteiger partial charge in [0.05, 0.1) is 6.26 Å². The van der Waals surface area contributed by atoms with E-state index in [-0.39, 0.29) is 6.04 Å². The van der Waals surface area contributed by atoms with Crippen molar-refractivity contribution in [3.05, 3.63) is 57.4 Å². The molecule has 1 aromatic carbocycles. The van der Waals surface area contributed by atoms with Crippen LogP contribution in [0.2, 0.25) is 5.02 Å². The average Bonchev–Trinajstić information content (AvgIpc) is 2.81. The van der Waals surface area contributed by atoms with Gasteiger partial charge in [-0.15, -0.1) is 0 Å². The predicted octanol–water partition coefficient (Wildman–Crippen LogP) is 4.98. The van der Waals surface area contributed by atoms with Crippen molar-refractivity contribution in [1.82, 2.24) is 5.32 Å². The highest BCUT2D eigenvalue weighted by Crippen LogP contribution is 2.27. The van der Waals surface area contributed by atoms with E-state index in [1.54, 1.807) is 6.26 Å². The van der Waals surface area contributed by atoms with Gasteiger partial charge in [-0.05, 0) is 59.1 Å². The first-order valence-corrected chi connectivity index (χ1v) is 7.58. The minimum atomic E-state index is 0.228. The Morgan fingerprint density at radius 3 is 2.84 bits per heavy atom. The van der Waals surface area contributed by atoms with Crippen molar-refractivity contribution in [3.8, 4) is 0 Å². The summed E-state index contributed by atoms with van der Waals surface area (Å²) >= 11 is 9.49. The molecule has 0 saturated heterocycles. The van der Waals surface area contributed by atoms with Gasteiger partial charge in [-0.2, -0.15) is 0 Å². The summed E-state index contributed by atoms with van der Waals surface area (Å²) in [4.78, 5) is 0. The van der Waals surface area contributed by atoms with Crippen LogP contribution in [0.5, 0.6) is 0 Å². The van der Waals surface area contributed by atoms with Crippen molar-refractivity contribution in [2.75, 3.05) is 6.54 Å². The number of nitrogens with one attached hydrogen (secondary N) is 1. The standard InChI is InChI=1S/C15H17BrClNO/c1-2-7-18-14(13-6-8-19-15(13)16)10-11-4-3-5-12(17)9-11/h3-6,8-9,14,18H,2,7,10H2,1H3. The number of hydrogen-bond acceptors (Lipinski definition) is 2. The lowest BCUT2D eigenvalue weighted by molar-refractivity contribution is 0.498. The SMILES string of the molecule is CCCNC(Cc1cccc(Cl)c1)c1ccoc1Br. The second-order valence-electron chi connectivity index (χ2n) is 4.49. The molecule has 1 N–H and O–H groups in total. The van der Waals surface area contributed by atoms with Crippen LogP contribution in [-0.4, -0.2) is 6.54 Å². The minimum absolute atomic E-state index is 0.228. The molecule has 0 radical (unpaired) electrons. The molecular weight excluding hydrogens is 326 g/mol. The fraction of sp³-hybridized carbons (Fsp3) is 0.333. The Morgan fingerprint density at radius 1 is 1.37 bits per heavy atom. The Labute approximate surface area is 127 Å². The van der Waals surface area contributed by atoms with Crippen LogP contribution in [0.25, 0.3) is 0 Å². The summed E-state index contributed by atoms with van der Waals surface area (Å²) in [5.41, 5.74) is 2.36. The third-order valence-electron chi connectivity index (χ3n) is 2.99. The number of halogens is 2. The van der Waals surface area contributed by atoms with Crippen molar-refractivity contribution in [3.63, 3.8) is 0 Å². The van der Waals surface area contributed by atoms with Crippen molar-refractivity contribution >= 4 is 27.5 Å². The molecule has 4 heteroatoms. The van der Waals surface area contributed by atoms with Crippen LogP contribution < -0.4 is 5.32 Å². The molecule has 0 amide bonds. The van der Waals surface area contributed by atoms with Gasteiger partial charge in [-0.25, -0.2) is 0 Å². The summed E-state index contributed by atoms with van der Waals surface area (Å²) in [6.07, 6.45) is 3.69. The molecule has 1 unspecified atom stereocenters. The summed E-state index contributed by atoms with van der Waals surface area (Å²) in [7, 11) is 0. The summed E-state index contributed by atoms with van der Waals surface area (Å²) in [6, 6.07) is 10.2. The lowest BCUT2D eigenvalue weighted by Gasteiger charge is -2.18. The van der Waals surface area contributed by atoms with Gasteiger partial charge in [0.25, 0.3) is 0 Å². The van der Waals surface area contributed by atoms with Gasteiger partial charge in [0.1, 0.15) is 0 Å². The first-order valence-electron chi connectivity index (χ1n) is 6.41. The van der Waals surface area contributed by atoms with Crippen LogP contribution in [0, 0.1) is 0 Å². The second kappa shape index (κ2) is 7.13. The Bertz CT molecular complexity index is 526. The number of furan rings is 1. The van der Waals surface area contributed by atoms with Crippen molar-refractivity contribution in [2.45, 2.75) is 25.8 Å². The van der Waals surface area contributed by atoms with Gasteiger partial charge in [0.15, 0.2) is 4.67 Å². The van der Waals surface area contributed by atoms with E-state index in [0.29, 0.717) is 0 Å². The molecule has 0 aliphatic rings. The maximum Gasteiger partial charge on any atom is 0.173 e. The Kier molecular flexibility index (Phi) is 5.49. The van der Waals surface area contributed by atoms with E-state index in [4.69, 9.17) is 16.0 Å². The van der Waals surface area contributed by atoms with Crippen molar-refractivity contribution in [1.29, 1.82) is 0 Å². The molecule has 19 heavy (non-hydrogen) atoms. The Balaban J connectivity index is 2.16. The Hall–Kier alpha value is -0.770. The zero-order valence-corrected chi connectivity index (χ0v) is 13.2. The monoisotopic (exact) mass is 341 g/mol. The van der Waals surface area contributed by atoms with E-state index in [9.17, 15) is 0 Å². The number of benzene rings is 1. The molecular formula is C15H17BrClNO. The quantitative estimate of drug-likeness (QED) is 0.801. The summed E-state index contributed by atoms with van der Waals surface area (Å²) in [5, 5.41) is 4.32. The largest absolute Gasteiger partial charge is 0.457 e. The van der Waals surface area contributed by atoms with E-state index in [1.807, 2.05) is 24.3 Å². The van der Waals surface area contributed by atoms with Gasteiger partial charge >= 0.3 is 0 Å². The van der Waals surface area contributed by atoms with Crippen LogP contribution >= 0.6 is 27.5 Å². The fourth-order valence-electron chi connectivity index (χ4n) is 2.06. The number of hydrogen-bond donors (Lipinski definition) is 1. The van der Waals surface area contributed by atoms with Crippen LogP contribution in [0.3, 0.4) is 0 Å². The molecule has 1 heterocycles. The minimum Gasteiger partial charge on any atom is -0.457 e. The molecule has 2 aromatic rings. The maximum absolute atomic E-state index is 6.04. The molecule has 2 nitrogen and oxygen atoms in total. The topological polar surface area (TPSA) is 25.2 Å². The molecule has 0 saturated carbocycles. The van der Waals surface area contributed by atoms with E-state index in [1.165, 1.54) is 5.56 Å². The average molecular weight is 343 g/mol. The second-order valence-corrected chi connectivity index (χ2v) is 5.65. The maximum atomic E-state index is 6.04. The van der Waals surface area contributed by atoms with Gasteiger partial charge in [0.2, 0.25) is 0 Å². The van der Waals surface area contributed by atoms with Crippen LogP contribution in [0.1, 0.15) is 30.5 Å². The summed E-state index contributed by atoms with van der Waals surface area (Å²) in [5.74, 6) is 0. The lowest BCUT2D eigenvalue weighted by Crippen LogP contribution is -2.24. The molecule has 0 bridgehead atoms. The molecule has 0 aliphatic heterocycles. The Morgan fingerprint density at radius 2 is 2.21 bits per heavy atom. The molecule has 0 fully saturated rings. The summed E-state index contributed by atoms with van der Waals surface area (Å²) < 4.78 is 6.13.